The van der Waals surface area contributed by atoms with E-state index in [4.69, 9.17) is 0 Å². The van der Waals surface area contributed by atoms with Gasteiger partial charge in [-0.15, -0.1) is 0 Å². The molecule has 0 saturated carbocycles. The average Bonchev–Trinajstić information content (AvgIpc) is 1.72. The van der Waals surface area contributed by atoms with Gasteiger partial charge in [0.1, 0.15) is 8.51 Å². The molecule has 3 nitrogen and oxygen atoms in total. The van der Waals surface area contributed by atoms with Gasteiger partial charge in [0.25, 0.3) is 0 Å². The van der Waals surface area contributed by atoms with Crippen molar-refractivity contribution < 1.29 is 21.1 Å². The van der Waals surface area contributed by atoms with E-state index in [9.17, 15) is 0 Å². The predicted molar refractivity (Wildman–Crippen MR) is 32.1 cm³/mol. The van der Waals surface area contributed by atoms with Gasteiger partial charge in [0.15, 0.2) is 0 Å². The number of aromatic amines is 2. The number of aromatic nitrogens is 3. The van der Waals surface area contributed by atoms with Gasteiger partial charge < -0.3 is 9.02 Å². The van der Waals surface area contributed by atoms with Crippen molar-refractivity contribution in [2.45, 2.75) is 0 Å². The third-order valence-electron chi connectivity index (χ3n) is 0.324. The Morgan fingerprint density at radius 1 is 1.57 bits per heavy atom. The first-order chi connectivity index (χ1) is 3.00. The van der Waals surface area contributed by atoms with E-state index in [-0.39, 0.29) is 21.1 Å². The zero-order chi connectivity index (χ0) is 4.24. The fraction of sp³-hybridized carbons (Fsp3) is 0. The molecule has 0 aliphatic heterocycles. The molecule has 7 heteroatoms. The van der Waals surface area contributed by atoms with Gasteiger partial charge in [-0.25, -0.2) is 0 Å². The molecule has 1 rings (SSSR count). The minimum absolute atomic E-state index is 0. The smallest absolute Gasteiger partial charge is 0.138 e. The van der Waals surface area contributed by atoms with Gasteiger partial charge >= 0.3 is 0 Å². The van der Waals surface area contributed by atoms with Crippen LogP contribution in [-0.4, -0.2) is 13.5 Å². The Morgan fingerprint density at radius 3 is 2.57 bits per heavy atom. The third kappa shape index (κ3) is 3.56. The van der Waals surface area contributed by atoms with Crippen molar-refractivity contribution in [3.63, 3.8) is 0 Å². The fourth-order valence-electron chi connectivity index (χ4n) is 0.156. The third-order valence-corrected chi connectivity index (χ3v) is 2.92. The molecule has 0 aliphatic rings. The largest absolute Gasteiger partial charge is 0.313 e. The Morgan fingerprint density at radius 2 is 2.43 bits per heavy atom. The molecule has 2 unspecified atom stereocenters. The van der Waals surface area contributed by atoms with E-state index in [1.54, 1.807) is 0 Å². The summed E-state index contributed by atoms with van der Waals surface area (Å²) in [7, 11) is 2.36. The molecule has 0 radical (unpaired) electrons. The molecule has 2 N–H and O–H groups in total. The van der Waals surface area contributed by atoms with E-state index in [1.807, 2.05) is 0 Å². The number of H-pyrrole nitrogens is 2. The monoisotopic (exact) mass is 334 g/mol. The minimum atomic E-state index is 0. The number of hydrogen-bond acceptors (Lipinski definition) is 1. The van der Waals surface area contributed by atoms with Gasteiger partial charge in [0.2, 0.25) is 0 Å². The van der Waals surface area contributed by atoms with Crippen LogP contribution < -0.4 is 0 Å². The van der Waals surface area contributed by atoms with Crippen LogP contribution in [0.5, 0.6) is 0 Å². The molecule has 0 aliphatic carbocycles. The normalized spacial score (nSPS) is 10.3. The second-order valence-corrected chi connectivity index (χ2v) is 4.04. The van der Waals surface area contributed by atoms with Crippen molar-refractivity contribution in [3.05, 3.63) is 0 Å². The van der Waals surface area contributed by atoms with Crippen LogP contribution in [0.1, 0.15) is 0 Å². The Labute approximate surface area is 60.3 Å². The zero-order valence-corrected chi connectivity index (χ0v) is 8.38. The fourth-order valence-corrected chi connectivity index (χ4v) is 2.81. The number of nitrogens with one attached hydrogen (secondary N) is 2. The van der Waals surface area contributed by atoms with E-state index in [1.165, 1.54) is 0 Å². The van der Waals surface area contributed by atoms with Crippen molar-refractivity contribution in [1.29, 1.82) is 0 Å². The maximum atomic E-state index is 3.96. The molecule has 44 valence electrons. The molecule has 1 aromatic heterocycles. The van der Waals surface area contributed by atoms with Crippen molar-refractivity contribution in [2.75, 3.05) is 0 Å². The molecule has 1 heterocycles. The molecule has 0 fully saturated rings. The molecule has 0 aromatic carbocycles. The summed E-state index contributed by atoms with van der Waals surface area (Å²) in [6.07, 6.45) is 0. The Kier molecular flexibility index (Phi) is 5.86. The van der Waals surface area contributed by atoms with E-state index >= 15 is 0 Å². The first-order valence-electron chi connectivity index (χ1n) is 1.40. The zero-order valence-electron chi connectivity index (χ0n) is 3.21. The van der Waals surface area contributed by atoms with E-state index < -0.39 is 0 Å². The van der Waals surface area contributed by atoms with Crippen LogP contribution in [0.4, 0.5) is 0 Å². The molecular formula is H4N3P3Pt. The molecular weight excluding hydrogens is 330 g/mol. The van der Waals surface area contributed by atoms with Gasteiger partial charge in [-0.3, -0.25) is 0 Å². The van der Waals surface area contributed by atoms with Gasteiger partial charge in [0, 0.05) is 38.1 Å². The molecule has 1 aromatic rings. The quantitative estimate of drug-likeness (QED) is 0.742. The second kappa shape index (κ2) is 5.13. The maximum Gasteiger partial charge on any atom is 0.138 e. The minimum Gasteiger partial charge on any atom is -0.313 e. The summed E-state index contributed by atoms with van der Waals surface area (Å²) >= 11 is 0. The molecule has 0 bridgehead atoms. The summed E-state index contributed by atoms with van der Waals surface area (Å²) < 4.78 is 10.0. The van der Waals surface area contributed by atoms with Crippen molar-refractivity contribution in [3.8, 4) is 0 Å². The number of rotatable bonds is 0. The van der Waals surface area contributed by atoms with Gasteiger partial charge in [-0.2, -0.15) is 4.51 Å². The maximum absolute atomic E-state index is 3.96. The van der Waals surface area contributed by atoms with Crippen LogP contribution in [0.3, 0.4) is 0 Å². The topological polar surface area (TPSA) is 44.5 Å². The summed E-state index contributed by atoms with van der Waals surface area (Å²) in [6.45, 7) is 0. The summed E-state index contributed by atoms with van der Waals surface area (Å²) in [5.41, 5.74) is 0. The Balaban J connectivity index is 0.000000360. The average molecular weight is 334 g/mol. The SMILES string of the molecule is [Pt].n1p[nH][pH][nH][pH]1. The van der Waals surface area contributed by atoms with Crippen molar-refractivity contribution in [2.24, 2.45) is 0 Å². The van der Waals surface area contributed by atoms with Crippen LogP contribution in [0, 0.1) is 0 Å². The van der Waals surface area contributed by atoms with Gasteiger partial charge in [-0.1, -0.05) is 0 Å². The van der Waals surface area contributed by atoms with Crippen molar-refractivity contribution >= 4 is 25.5 Å². The molecule has 0 saturated heterocycles. The Hall–Kier alpha value is 0.988. The standard InChI is InChI=1S/H4N3P3.Pt/c1-4-2-6-3-5-1;/h1,4-5H,(H,2,3);. The van der Waals surface area contributed by atoms with Crippen molar-refractivity contribution in [1.82, 2.24) is 13.5 Å². The van der Waals surface area contributed by atoms with E-state index in [0.29, 0.717) is 17.0 Å². The van der Waals surface area contributed by atoms with E-state index in [2.05, 4.69) is 13.5 Å². The molecule has 0 spiro atoms. The first-order valence-corrected chi connectivity index (χ1v) is 4.19. The molecule has 2 atom stereocenters. The predicted octanol–water partition coefficient (Wildman–Crippen LogP) is 1.50. The van der Waals surface area contributed by atoms with Crippen LogP contribution in [0.2, 0.25) is 0 Å². The number of hydrogen-bond donors (Lipinski definition) is 2. The van der Waals surface area contributed by atoms with Crippen LogP contribution >= 0.6 is 25.5 Å². The van der Waals surface area contributed by atoms with Crippen LogP contribution in [0.15, 0.2) is 0 Å². The number of nitrogens with zero attached hydrogens (tertiary/aromatic N) is 1. The summed E-state index contributed by atoms with van der Waals surface area (Å²) in [4.78, 5) is 0. The Bertz CT molecular complexity index is 82.1. The first kappa shape index (κ1) is 7.99. The molecule has 0 amide bonds. The van der Waals surface area contributed by atoms with Crippen LogP contribution in [-0.2, 0) is 21.1 Å². The van der Waals surface area contributed by atoms with Crippen LogP contribution in [0.25, 0.3) is 0 Å². The second-order valence-electron chi connectivity index (χ2n) is 0.674. The summed E-state index contributed by atoms with van der Waals surface area (Å²) in [5.74, 6) is 0. The van der Waals surface area contributed by atoms with Gasteiger partial charge in [0.05, 0.1) is 0 Å². The summed E-state index contributed by atoms with van der Waals surface area (Å²) in [5, 5.41) is 0. The van der Waals surface area contributed by atoms with Gasteiger partial charge in [-0.05, 0) is 0 Å². The summed E-state index contributed by atoms with van der Waals surface area (Å²) in [6, 6.07) is 0. The van der Waals surface area contributed by atoms with E-state index in [0.717, 1.165) is 8.51 Å². The molecule has 7 heavy (non-hydrogen) atoms.